The summed E-state index contributed by atoms with van der Waals surface area (Å²) >= 11 is 0. The molecule has 3 heteroatoms. The van der Waals surface area contributed by atoms with Crippen molar-refractivity contribution in [3.8, 4) is 0 Å². The van der Waals surface area contributed by atoms with Crippen LogP contribution in [0.3, 0.4) is 0 Å². The van der Waals surface area contributed by atoms with Gasteiger partial charge in [-0.05, 0) is 29.0 Å². The molecule has 118 valence electrons. The molecule has 0 heterocycles. The second-order valence-corrected chi connectivity index (χ2v) is 5.86. The summed E-state index contributed by atoms with van der Waals surface area (Å²) in [5.74, 6) is 6.62. The molecule has 0 saturated heterocycles. The van der Waals surface area contributed by atoms with Gasteiger partial charge in [0.05, 0.1) is 0 Å². The summed E-state index contributed by atoms with van der Waals surface area (Å²) in [5.41, 5.74) is 9.13. The Morgan fingerprint density at radius 2 is 1.36 bits per heavy atom. The van der Waals surface area contributed by atoms with Gasteiger partial charge >= 0.3 is 0 Å². The van der Waals surface area contributed by atoms with Gasteiger partial charge < -0.3 is 11.6 Å². The van der Waals surface area contributed by atoms with E-state index >= 15 is 0 Å². The van der Waals surface area contributed by atoms with Crippen LogP contribution in [0.1, 0.15) is 56.2 Å². The highest BCUT2D eigenvalue weighted by Gasteiger charge is 2.02. The second kappa shape index (κ2) is 8.88. The van der Waals surface area contributed by atoms with E-state index in [1.165, 1.54) is 11.1 Å². The van der Waals surface area contributed by atoms with E-state index in [-0.39, 0.29) is 0 Å². The highest BCUT2D eigenvalue weighted by Crippen LogP contribution is 2.15. The van der Waals surface area contributed by atoms with Crippen LogP contribution in [-0.2, 0) is 0 Å². The Labute approximate surface area is 134 Å². The van der Waals surface area contributed by atoms with Gasteiger partial charge in [-0.3, -0.25) is 0 Å². The predicted octanol–water partition coefficient (Wildman–Crippen LogP) is 4.20. The van der Waals surface area contributed by atoms with Gasteiger partial charge in [-0.15, -0.1) is 0 Å². The van der Waals surface area contributed by atoms with Crippen molar-refractivity contribution in [1.82, 2.24) is 0 Å². The topological polar surface area (TPSA) is 64.4 Å². The fraction of sp³-hybridized carbons (Fsp3) is 0.316. The fourth-order valence-electron chi connectivity index (χ4n) is 1.97. The average molecular weight is 297 g/mol. The van der Waals surface area contributed by atoms with E-state index in [1.54, 1.807) is 0 Å². The molecule has 0 bridgehead atoms. The summed E-state index contributed by atoms with van der Waals surface area (Å²) in [7, 11) is 0. The molecule has 2 rings (SSSR count). The molecule has 0 aliphatic carbocycles. The number of rotatable bonds is 3. The zero-order chi connectivity index (χ0) is 16.5. The molecule has 0 spiro atoms. The van der Waals surface area contributed by atoms with Crippen LogP contribution < -0.4 is 11.6 Å². The molecule has 0 amide bonds. The molecule has 0 fully saturated rings. The van der Waals surface area contributed by atoms with E-state index in [9.17, 15) is 0 Å². The fourth-order valence-corrected chi connectivity index (χ4v) is 1.97. The van der Waals surface area contributed by atoms with Crippen LogP contribution in [0.2, 0.25) is 0 Å². The molecule has 0 aliphatic heterocycles. The lowest BCUT2D eigenvalue weighted by molar-refractivity contribution is 0.866. The van der Waals surface area contributed by atoms with Crippen LogP contribution in [0.4, 0.5) is 0 Å². The van der Waals surface area contributed by atoms with Gasteiger partial charge in [-0.2, -0.15) is 5.10 Å². The third-order valence-corrected chi connectivity index (χ3v) is 3.45. The van der Waals surface area contributed by atoms with E-state index in [4.69, 9.17) is 11.6 Å². The first-order valence-electron chi connectivity index (χ1n) is 7.64. The molecular weight excluding hydrogens is 270 g/mol. The zero-order valence-corrected chi connectivity index (χ0v) is 14.0. The minimum Gasteiger partial charge on any atom is -0.382 e. The molecule has 0 aliphatic rings. The number of hydrogen-bond donors (Lipinski definition) is 2. The number of hydrazone groups is 1. The summed E-state index contributed by atoms with van der Waals surface area (Å²) in [4.78, 5) is 0. The number of hydrogen-bond acceptors (Lipinski definition) is 2. The summed E-state index contributed by atoms with van der Waals surface area (Å²) < 4.78 is 0. The smallest absolute Gasteiger partial charge is 0.150 e. The van der Waals surface area contributed by atoms with E-state index in [1.807, 2.05) is 24.3 Å². The SMILES string of the molecule is CC(C)c1cccc(/C(N)=N/N)c1.CC(C)c1ccccc1. The van der Waals surface area contributed by atoms with Gasteiger partial charge in [0.25, 0.3) is 0 Å². The Kier molecular flexibility index (Phi) is 7.17. The van der Waals surface area contributed by atoms with Crippen molar-refractivity contribution in [2.24, 2.45) is 16.7 Å². The molecule has 2 aromatic rings. The minimum absolute atomic E-state index is 0.377. The second-order valence-electron chi connectivity index (χ2n) is 5.86. The van der Waals surface area contributed by atoms with Crippen LogP contribution in [-0.4, -0.2) is 5.84 Å². The Balaban J connectivity index is 0.000000235. The molecule has 0 saturated carbocycles. The number of nitrogens with two attached hydrogens (primary N) is 2. The predicted molar refractivity (Wildman–Crippen MR) is 96.0 cm³/mol. The molecule has 0 unspecified atom stereocenters. The standard InChI is InChI=1S/C10H15N3.C9H12/c1-7(2)8-4-3-5-9(6-8)10(11)13-12;1-8(2)9-6-4-3-5-7-9/h3-7H,12H2,1-2H3,(H2,11,13);3-8H,1-2H3. The zero-order valence-electron chi connectivity index (χ0n) is 14.0. The monoisotopic (exact) mass is 297 g/mol. The molecular formula is C19H27N3. The lowest BCUT2D eigenvalue weighted by Gasteiger charge is -2.06. The van der Waals surface area contributed by atoms with Gasteiger partial charge in [0.2, 0.25) is 0 Å². The highest BCUT2D eigenvalue weighted by atomic mass is 15.1. The van der Waals surface area contributed by atoms with Crippen LogP contribution in [0, 0.1) is 0 Å². The first-order chi connectivity index (χ1) is 10.5. The molecule has 22 heavy (non-hydrogen) atoms. The van der Waals surface area contributed by atoms with Crippen molar-refractivity contribution in [3.63, 3.8) is 0 Å². The summed E-state index contributed by atoms with van der Waals surface area (Å²) in [6.45, 7) is 8.68. The number of benzene rings is 2. The maximum atomic E-state index is 5.59. The van der Waals surface area contributed by atoms with Gasteiger partial charge in [-0.25, -0.2) is 0 Å². The van der Waals surface area contributed by atoms with Crippen molar-refractivity contribution < 1.29 is 0 Å². The first kappa shape index (κ1) is 17.8. The molecule has 0 aromatic heterocycles. The number of amidine groups is 1. The van der Waals surface area contributed by atoms with Crippen molar-refractivity contribution >= 4 is 5.84 Å². The van der Waals surface area contributed by atoms with Crippen molar-refractivity contribution in [2.75, 3.05) is 0 Å². The minimum atomic E-state index is 0.377. The Hall–Kier alpha value is -2.29. The van der Waals surface area contributed by atoms with Crippen LogP contribution >= 0.6 is 0 Å². The molecule has 2 aromatic carbocycles. The van der Waals surface area contributed by atoms with Crippen LogP contribution in [0.25, 0.3) is 0 Å². The number of nitrogens with zero attached hydrogens (tertiary/aromatic N) is 1. The van der Waals surface area contributed by atoms with Gasteiger partial charge in [0, 0.05) is 5.56 Å². The van der Waals surface area contributed by atoms with E-state index in [0.717, 1.165) is 5.56 Å². The Bertz CT molecular complexity index is 587. The van der Waals surface area contributed by atoms with Crippen molar-refractivity contribution in [2.45, 2.75) is 39.5 Å². The normalized spacial score (nSPS) is 11.3. The molecule has 0 atom stereocenters. The third-order valence-electron chi connectivity index (χ3n) is 3.45. The Morgan fingerprint density at radius 1 is 0.818 bits per heavy atom. The van der Waals surface area contributed by atoms with Gasteiger partial charge in [0.1, 0.15) is 5.84 Å². The van der Waals surface area contributed by atoms with Gasteiger partial charge in [0.15, 0.2) is 0 Å². The maximum absolute atomic E-state index is 5.59. The van der Waals surface area contributed by atoms with Crippen molar-refractivity contribution in [3.05, 3.63) is 71.3 Å². The van der Waals surface area contributed by atoms with Crippen LogP contribution in [0.15, 0.2) is 59.7 Å². The van der Waals surface area contributed by atoms with Gasteiger partial charge in [-0.1, -0.05) is 76.2 Å². The summed E-state index contributed by atoms with van der Waals surface area (Å²) in [6.07, 6.45) is 0. The molecule has 3 nitrogen and oxygen atoms in total. The van der Waals surface area contributed by atoms with E-state index in [0.29, 0.717) is 17.7 Å². The average Bonchev–Trinajstić information content (AvgIpc) is 2.55. The summed E-state index contributed by atoms with van der Waals surface area (Å²) in [5, 5.41) is 3.45. The molecule has 4 N–H and O–H groups in total. The lowest BCUT2D eigenvalue weighted by atomic mass is 10.0. The lowest BCUT2D eigenvalue weighted by Crippen LogP contribution is -2.15. The first-order valence-corrected chi connectivity index (χ1v) is 7.64. The van der Waals surface area contributed by atoms with E-state index < -0.39 is 0 Å². The highest BCUT2D eigenvalue weighted by molar-refractivity contribution is 5.97. The van der Waals surface area contributed by atoms with E-state index in [2.05, 4.69) is 63.1 Å². The maximum Gasteiger partial charge on any atom is 0.150 e. The van der Waals surface area contributed by atoms with Crippen molar-refractivity contribution in [1.29, 1.82) is 0 Å². The molecule has 0 radical (unpaired) electrons. The van der Waals surface area contributed by atoms with Crippen LogP contribution in [0.5, 0.6) is 0 Å². The summed E-state index contributed by atoms with van der Waals surface area (Å²) in [6, 6.07) is 18.5. The largest absolute Gasteiger partial charge is 0.382 e. The quantitative estimate of drug-likeness (QED) is 0.386. The Morgan fingerprint density at radius 3 is 1.82 bits per heavy atom. The third kappa shape index (κ3) is 5.60.